The molecule has 2 aromatic rings. The molecule has 11 heteroatoms. The first-order valence-corrected chi connectivity index (χ1v) is 15.2. The quantitative estimate of drug-likeness (QED) is 0.347. The molecule has 0 unspecified atom stereocenters. The molecule has 2 aromatic heterocycles. The van der Waals surface area contributed by atoms with Crippen molar-refractivity contribution in [2.45, 2.75) is 97.6 Å². The Morgan fingerprint density at radius 1 is 1.11 bits per heavy atom. The lowest BCUT2D eigenvalue weighted by molar-refractivity contribution is -0.271. The maximum absolute atomic E-state index is 13.5. The normalized spacial score (nSPS) is 33.9. The van der Waals surface area contributed by atoms with Crippen LogP contribution >= 0.6 is 0 Å². The monoisotopic (exact) mass is 611 g/mol. The van der Waals surface area contributed by atoms with Gasteiger partial charge >= 0.3 is 23.5 Å². The molecule has 3 heterocycles. The molecule has 0 saturated heterocycles. The number of aliphatic hydroxyl groups is 1. The lowest BCUT2D eigenvalue weighted by Crippen LogP contribution is -2.71. The van der Waals surface area contributed by atoms with Crippen molar-refractivity contribution in [1.82, 2.24) is 4.98 Å². The Morgan fingerprint density at radius 2 is 1.86 bits per heavy atom. The molecule has 11 nitrogen and oxygen atoms in total. The van der Waals surface area contributed by atoms with Gasteiger partial charge in [-0.3, -0.25) is 19.4 Å². The van der Waals surface area contributed by atoms with Crippen molar-refractivity contribution >= 4 is 17.9 Å². The van der Waals surface area contributed by atoms with E-state index in [1.165, 1.54) is 13.8 Å². The van der Waals surface area contributed by atoms with Gasteiger partial charge in [0.25, 0.3) is 0 Å². The number of hydrogen-bond acceptors (Lipinski definition) is 11. The lowest BCUT2D eigenvalue weighted by atomic mass is 9.42. The number of carbonyl (C=O) groups excluding carboxylic acids is 3. The van der Waals surface area contributed by atoms with E-state index in [0.29, 0.717) is 24.8 Å². The van der Waals surface area contributed by atoms with Crippen LogP contribution in [0.1, 0.15) is 85.3 Å². The van der Waals surface area contributed by atoms with E-state index in [9.17, 15) is 24.3 Å². The Balaban J connectivity index is 1.67. The molecule has 44 heavy (non-hydrogen) atoms. The highest BCUT2D eigenvalue weighted by molar-refractivity contribution is 5.70. The molecule has 0 bridgehead atoms. The third kappa shape index (κ3) is 5.29. The Hall–Kier alpha value is -3.73. The summed E-state index contributed by atoms with van der Waals surface area (Å²) in [6.45, 7) is 10.2. The number of fused-ring (bicyclic) bond motifs is 4. The van der Waals surface area contributed by atoms with Gasteiger partial charge in [0.2, 0.25) is 0 Å². The molecule has 0 aromatic carbocycles. The molecule has 0 spiro atoms. The van der Waals surface area contributed by atoms with E-state index in [0.717, 1.165) is 0 Å². The minimum Gasteiger partial charge on any atom is -0.482 e. The minimum atomic E-state index is -1.34. The first-order chi connectivity index (χ1) is 20.7. The Bertz CT molecular complexity index is 1490. The second kappa shape index (κ2) is 11.6. The molecule has 2 saturated carbocycles. The van der Waals surface area contributed by atoms with E-state index in [1.54, 1.807) is 30.6 Å². The Kier molecular flexibility index (Phi) is 8.39. The van der Waals surface area contributed by atoms with Gasteiger partial charge in [0, 0.05) is 55.6 Å². The summed E-state index contributed by atoms with van der Waals surface area (Å²) in [5.74, 6) is -2.11. The van der Waals surface area contributed by atoms with Crippen molar-refractivity contribution in [3.8, 4) is 17.1 Å². The van der Waals surface area contributed by atoms with Crippen LogP contribution in [-0.4, -0.2) is 52.4 Å². The molecule has 238 valence electrons. The first-order valence-electron chi connectivity index (χ1n) is 15.2. The predicted octanol–water partition coefficient (Wildman–Crippen LogP) is 4.54. The number of carbonyl (C=O) groups is 3. The second-order valence-electron chi connectivity index (χ2n) is 13.1. The van der Waals surface area contributed by atoms with Gasteiger partial charge < -0.3 is 28.5 Å². The summed E-state index contributed by atoms with van der Waals surface area (Å²) in [6, 6.07) is 5.03. The summed E-state index contributed by atoms with van der Waals surface area (Å²) in [7, 11) is 0. The van der Waals surface area contributed by atoms with Crippen LogP contribution in [0.25, 0.3) is 11.3 Å². The standard InChI is InChI=1S/C33H41NO10/c1-7-9-26(37)43-25-15-23-31(4,12-11-24(41-19(3)36)32(23,5)17-40-18(2)35)29-28(38)27-22(44-33(25,29)6)14-21(42-30(27)39)20-10-8-13-34-16-20/h8,10,13-14,16,23-25,28-29,38H,7,9,11-12,15,17H2,1-6H3/t23-,24+,25+,28+,29-,31+,32+,33-/m1/s1. The van der Waals surface area contributed by atoms with Crippen molar-refractivity contribution in [1.29, 1.82) is 0 Å². The van der Waals surface area contributed by atoms with Crippen molar-refractivity contribution in [2.75, 3.05) is 6.61 Å². The second-order valence-corrected chi connectivity index (χ2v) is 13.1. The van der Waals surface area contributed by atoms with Gasteiger partial charge in [-0.25, -0.2) is 4.79 Å². The van der Waals surface area contributed by atoms with E-state index in [2.05, 4.69) is 4.98 Å². The van der Waals surface area contributed by atoms with Crippen LogP contribution in [0, 0.1) is 22.7 Å². The average Bonchev–Trinajstić information content (AvgIpc) is 2.95. The van der Waals surface area contributed by atoms with Gasteiger partial charge in [-0.2, -0.15) is 0 Å². The number of pyridine rings is 1. The Morgan fingerprint density at radius 3 is 2.50 bits per heavy atom. The lowest BCUT2D eigenvalue weighted by Gasteiger charge is -2.66. The van der Waals surface area contributed by atoms with Crippen LogP contribution in [0.15, 0.2) is 39.8 Å². The highest BCUT2D eigenvalue weighted by Crippen LogP contribution is 2.67. The summed E-state index contributed by atoms with van der Waals surface area (Å²) in [5, 5.41) is 12.2. The number of rotatable bonds is 7. The molecule has 1 aliphatic heterocycles. The largest absolute Gasteiger partial charge is 0.482 e. The molecular weight excluding hydrogens is 570 g/mol. The topological polar surface area (TPSA) is 151 Å². The smallest absolute Gasteiger partial charge is 0.345 e. The van der Waals surface area contributed by atoms with Crippen LogP contribution in [0.4, 0.5) is 0 Å². The number of aromatic nitrogens is 1. The summed E-state index contributed by atoms with van der Waals surface area (Å²) in [5.41, 5.74) is -3.08. The fourth-order valence-corrected chi connectivity index (χ4v) is 8.26. The molecule has 5 rings (SSSR count). The molecule has 2 aliphatic carbocycles. The van der Waals surface area contributed by atoms with Crippen molar-refractivity contribution in [2.24, 2.45) is 22.7 Å². The number of nitrogens with zero attached hydrogens (tertiary/aromatic N) is 1. The van der Waals surface area contributed by atoms with Crippen LogP contribution in [0.2, 0.25) is 0 Å². The number of hydrogen-bond donors (Lipinski definition) is 1. The minimum absolute atomic E-state index is 0.00979. The number of ether oxygens (including phenoxy) is 4. The fraction of sp³-hybridized carbons (Fsp3) is 0.606. The zero-order chi connectivity index (χ0) is 32.0. The Labute approximate surface area is 256 Å². The van der Waals surface area contributed by atoms with Gasteiger partial charge in [0.05, 0.1) is 6.10 Å². The predicted molar refractivity (Wildman–Crippen MR) is 156 cm³/mol. The number of esters is 3. The maximum Gasteiger partial charge on any atom is 0.345 e. The molecule has 0 radical (unpaired) electrons. The molecule has 2 fully saturated rings. The van der Waals surface area contributed by atoms with Crippen LogP contribution in [0.5, 0.6) is 5.75 Å². The summed E-state index contributed by atoms with van der Waals surface area (Å²) >= 11 is 0. The molecule has 8 atom stereocenters. The van der Waals surface area contributed by atoms with Gasteiger partial charge in [-0.05, 0) is 56.1 Å². The van der Waals surface area contributed by atoms with Crippen molar-refractivity contribution < 1.29 is 42.9 Å². The summed E-state index contributed by atoms with van der Waals surface area (Å²) < 4.78 is 29.9. The van der Waals surface area contributed by atoms with Crippen LogP contribution in [-0.2, 0) is 28.6 Å². The molecular formula is C33H41NO10. The third-order valence-corrected chi connectivity index (χ3v) is 10.2. The van der Waals surface area contributed by atoms with Crippen LogP contribution < -0.4 is 10.4 Å². The van der Waals surface area contributed by atoms with E-state index >= 15 is 0 Å². The van der Waals surface area contributed by atoms with E-state index in [1.807, 2.05) is 27.7 Å². The SMILES string of the molecule is CCCC(=O)O[C@H]1C[C@H]2[C@](C)(COC(C)=O)[C@@H](OC(C)=O)CC[C@]2(C)[C@H]2[C@@H](O)c3c(cc(-c4cccnc4)oc3=O)O[C@]12C. The van der Waals surface area contributed by atoms with E-state index in [-0.39, 0.29) is 42.4 Å². The zero-order valence-corrected chi connectivity index (χ0v) is 26.1. The number of aliphatic hydroxyl groups excluding tert-OH is 1. The fourth-order valence-electron chi connectivity index (χ4n) is 8.26. The summed E-state index contributed by atoms with van der Waals surface area (Å²) in [6.07, 6.45) is 2.33. The van der Waals surface area contributed by atoms with Gasteiger partial charge in [-0.1, -0.05) is 20.8 Å². The van der Waals surface area contributed by atoms with E-state index in [4.69, 9.17) is 23.4 Å². The zero-order valence-electron chi connectivity index (χ0n) is 26.1. The third-order valence-electron chi connectivity index (χ3n) is 10.2. The molecule has 0 amide bonds. The maximum atomic E-state index is 13.5. The molecule has 1 N–H and O–H groups in total. The highest BCUT2D eigenvalue weighted by atomic mass is 16.6. The van der Waals surface area contributed by atoms with Gasteiger partial charge in [-0.15, -0.1) is 0 Å². The summed E-state index contributed by atoms with van der Waals surface area (Å²) in [4.78, 5) is 54.8. The van der Waals surface area contributed by atoms with Crippen molar-refractivity contribution in [3.05, 3.63) is 46.6 Å². The van der Waals surface area contributed by atoms with Gasteiger partial charge in [0.1, 0.15) is 41.5 Å². The average molecular weight is 612 g/mol. The molecule has 3 aliphatic rings. The van der Waals surface area contributed by atoms with Gasteiger partial charge in [0.15, 0.2) is 0 Å². The van der Waals surface area contributed by atoms with Crippen molar-refractivity contribution in [3.63, 3.8) is 0 Å². The highest BCUT2D eigenvalue weighted by Gasteiger charge is 2.70. The van der Waals surface area contributed by atoms with E-state index < -0.39 is 64.2 Å². The first kappa shape index (κ1) is 31.7. The van der Waals surface area contributed by atoms with Crippen LogP contribution in [0.3, 0.4) is 0 Å².